The van der Waals surface area contributed by atoms with Crippen molar-refractivity contribution in [3.8, 4) is 78.5 Å². The third kappa shape index (κ3) is 5.46. The first kappa shape index (κ1) is 28.1. The smallest absolute Gasteiger partial charge is 0.145 e. The lowest BCUT2D eigenvalue weighted by Gasteiger charge is -2.15. The summed E-state index contributed by atoms with van der Waals surface area (Å²) in [6.45, 7) is 0. The number of rotatable bonds is 8. The number of phenolic OH excluding ortho intramolecular Hbond substituents is 1. The van der Waals surface area contributed by atoms with Crippen LogP contribution in [0.3, 0.4) is 0 Å². The van der Waals surface area contributed by atoms with Crippen LogP contribution in [0.5, 0.6) is 17.2 Å². The topological polar surface area (TPSA) is 69.4 Å². The zero-order valence-electron chi connectivity index (χ0n) is 24.7. The summed E-state index contributed by atoms with van der Waals surface area (Å²) in [6.07, 6.45) is 1.78. The summed E-state index contributed by atoms with van der Waals surface area (Å²) in [5, 5.41) is 13.0. The van der Waals surface area contributed by atoms with Gasteiger partial charge in [-0.25, -0.2) is 9.97 Å². The van der Waals surface area contributed by atoms with Crippen molar-refractivity contribution < 1.29 is 14.6 Å². The van der Waals surface area contributed by atoms with Crippen LogP contribution < -0.4 is 9.47 Å². The molecule has 0 atom stereocenters. The monoisotopic (exact) mass is 607 g/mol. The number of methoxy groups -OCH3 is 2. The van der Waals surface area contributed by atoms with Gasteiger partial charge in [0.15, 0.2) is 0 Å². The van der Waals surface area contributed by atoms with Crippen LogP contribution in [0.4, 0.5) is 0 Å². The molecule has 0 fully saturated rings. The molecule has 2 heterocycles. The lowest BCUT2D eigenvalue weighted by molar-refractivity contribution is 0.414. The second-order valence-electron chi connectivity index (χ2n) is 10.4. The standard InChI is InChI=1S/C38H29N3O3S/c1-43-31-17-12-26(13-18-31)35-36(27-14-19-32(44-2)20-15-27)41(29-6-4-3-5-7-29)37(40-35)28-10-8-25(9-11-28)33-21-16-30(42)24-34(33)38-39-22-23-45-38/h3-24,42H,1-2H3. The predicted octanol–water partition coefficient (Wildman–Crippen LogP) is 9.39. The Morgan fingerprint density at radius 3 is 1.89 bits per heavy atom. The lowest BCUT2D eigenvalue weighted by atomic mass is 9.98. The molecule has 7 rings (SSSR count). The van der Waals surface area contributed by atoms with E-state index in [1.807, 2.05) is 66.0 Å². The number of nitrogens with zero attached hydrogens (tertiary/aromatic N) is 3. The largest absolute Gasteiger partial charge is 0.508 e. The highest BCUT2D eigenvalue weighted by atomic mass is 32.1. The van der Waals surface area contributed by atoms with E-state index in [1.165, 1.54) is 0 Å². The third-order valence-electron chi connectivity index (χ3n) is 7.74. The number of para-hydroxylation sites is 1. The van der Waals surface area contributed by atoms with Crippen LogP contribution in [0.1, 0.15) is 0 Å². The van der Waals surface area contributed by atoms with E-state index in [-0.39, 0.29) is 5.75 Å². The Morgan fingerprint density at radius 1 is 0.644 bits per heavy atom. The second-order valence-corrected chi connectivity index (χ2v) is 11.3. The van der Waals surface area contributed by atoms with Gasteiger partial charge in [-0.05, 0) is 90.0 Å². The lowest BCUT2D eigenvalue weighted by Crippen LogP contribution is -2.00. The van der Waals surface area contributed by atoms with Crippen LogP contribution in [0.2, 0.25) is 0 Å². The number of aromatic nitrogens is 3. The predicted molar refractivity (Wildman–Crippen MR) is 181 cm³/mol. The molecule has 6 nitrogen and oxygen atoms in total. The van der Waals surface area contributed by atoms with Gasteiger partial charge in [0.05, 0.1) is 25.6 Å². The van der Waals surface area contributed by atoms with E-state index >= 15 is 0 Å². The van der Waals surface area contributed by atoms with Gasteiger partial charge in [-0.1, -0.05) is 42.5 Å². The maximum Gasteiger partial charge on any atom is 0.145 e. The Balaban J connectivity index is 1.42. The minimum Gasteiger partial charge on any atom is -0.508 e. The fraction of sp³-hybridized carbons (Fsp3) is 0.0526. The van der Waals surface area contributed by atoms with E-state index in [9.17, 15) is 5.11 Å². The maximum absolute atomic E-state index is 10.2. The molecular weight excluding hydrogens is 579 g/mol. The normalized spacial score (nSPS) is 11.0. The second kappa shape index (κ2) is 12.1. The zero-order valence-corrected chi connectivity index (χ0v) is 25.5. The number of benzene rings is 5. The van der Waals surface area contributed by atoms with Crippen LogP contribution in [0.15, 0.2) is 133 Å². The molecule has 2 aromatic heterocycles. The number of hydrogen-bond acceptors (Lipinski definition) is 6. The Morgan fingerprint density at radius 2 is 1.27 bits per heavy atom. The fourth-order valence-electron chi connectivity index (χ4n) is 5.52. The summed E-state index contributed by atoms with van der Waals surface area (Å²) in [6, 6.07) is 40.2. The summed E-state index contributed by atoms with van der Waals surface area (Å²) < 4.78 is 13.1. The summed E-state index contributed by atoms with van der Waals surface area (Å²) in [4.78, 5) is 9.82. The maximum atomic E-state index is 10.2. The molecule has 7 aromatic rings. The van der Waals surface area contributed by atoms with Crippen molar-refractivity contribution in [1.29, 1.82) is 0 Å². The molecule has 0 saturated heterocycles. The van der Waals surface area contributed by atoms with E-state index < -0.39 is 0 Å². The first-order valence-corrected chi connectivity index (χ1v) is 15.3. The number of hydrogen-bond donors (Lipinski definition) is 1. The van der Waals surface area contributed by atoms with Crippen molar-refractivity contribution in [3.05, 3.63) is 133 Å². The minimum atomic E-state index is 0.211. The highest BCUT2D eigenvalue weighted by Crippen LogP contribution is 2.41. The molecule has 5 aromatic carbocycles. The molecule has 0 radical (unpaired) electrons. The molecule has 0 aliphatic heterocycles. The van der Waals surface area contributed by atoms with Crippen LogP contribution in [0.25, 0.3) is 61.3 Å². The first-order valence-electron chi connectivity index (χ1n) is 14.4. The molecule has 220 valence electrons. The Kier molecular flexibility index (Phi) is 7.59. The molecule has 0 unspecified atom stereocenters. The van der Waals surface area contributed by atoms with Gasteiger partial charge >= 0.3 is 0 Å². The molecule has 0 spiro atoms. The molecule has 0 bridgehead atoms. The fourth-order valence-corrected chi connectivity index (χ4v) is 6.19. The van der Waals surface area contributed by atoms with Crippen molar-refractivity contribution in [2.24, 2.45) is 0 Å². The summed E-state index contributed by atoms with van der Waals surface area (Å²) in [5.41, 5.74) is 8.70. The van der Waals surface area contributed by atoms with Gasteiger partial charge in [0.1, 0.15) is 28.1 Å². The van der Waals surface area contributed by atoms with E-state index in [0.717, 1.165) is 72.8 Å². The third-order valence-corrected chi connectivity index (χ3v) is 8.55. The van der Waals surface area contributed by atoms with Gasteiger partial charge in [0.2, 0.25) is 0 Å². The number of thiazole rings is 1. The SMILES string of the molecule is COc1ccc(-c2nc(-c3ccc(-c4ccc(O)cc4-c4nccs4)cc3)n(-c3ccccc3)c2-c2ccc(OC)cc2)cc1. The summed E-state index contributed by atoms with van der Waals surface area (Å²) in [5.74, 6) is 2.60. The first-order chi connectivity index (χ1) is 22.1. The van der Waals surface area contributed by atoms with Crippen molar-refractivity contribution in [2.45, 2.75) is 0 Å². The van der Waals surface area contributed by atoms with E-state index in [1.54, 1.807) is 43.9 Å². The average Bonchev–Trinajstić information content (AvgIpc) is 3.78. The van der Waals surface area contributed by atoms with E-state index in [0.29, 0.717) is 0 Å². The molecule has 0 saturated carbocycles. The Hall–Kier alpha value is -5.66. The molecule has 7 heteroatoms. The van der Waals surface area contributed by atoms with Gasteiger partial charge in [-0.2, -0.15) is 0 Å². The van der Waals surface area contributed by atoms with Crippen molar-refractivity contribution in [2.75, 3.05) is 14.2 Å². The van der Waals surface area contributed by atoms with Gasteiger partial charge in [0.25, 0.3) is 0 Å². The highest BCUT2D eigenvalue weighted by Gasteiger charge is 2.23. The molecule has 1 N–H and O–H groups in total. The van der Waals surface area contributed by atoms with Gasteiger partial charge in [-0.15, -0.1) is 11.3 Å². The van der Waals surface area contributed by atoms with Crippen molar-refractivity contribution in [3.63, 3.8) is 0 Å². The van der Waals surface area contributed by atoms with Crippen molar-refractivity contribution in [1.82, 2.24) is 14.5 Å². The van der Waals surface area contributed by atoms with Crippen LogP contribution in [-0.4, -0.2) is 33.9 Å². The molecule has 45 heavy (non-hydrogen) atoms. The molecule has 0 aliphatic rings. The Bertz CT molecular complexity index is 2050. The van der Waals surface area contributed by atoms with Gasteiger partial charge in [0, 0.05) is 39.5 Å². The van der Waals surface area contributed by atoms with Gasteiger partial charge in [-0.3, -0.25) is 4.57 Å². The summed E-state index contributed by atoms with van der Waals surface area (Å²) in [7, 11) is 3.34. The number of imidazole rings is 1. The average molecular weight is 608 g/mol. The molecule has 0 aliphatic carbocycles. The number of phenols is 1. The van der Waals surface area contributed by atoms with E-state index in [2.05, 4.69) is 58.1 Å². The summed E-state index contributed by atoms with van der Waals surface area (Å²) >= 11 is 1.55. The van der Waals surface area contributed by atoms with Crippen LogP contribution >= 0.6 is 11.3 Å². The quantitative estimate of drug-likeness (QED) is 0.186. The van der Waals surface area contributed by atoms with Gasteiger partial charge < -0.3 is 14.6 Å². The zero-order chi connectivity index (χ0) is 30.8. The minimum absolute atomic E-state index is 0.211. The van der Waals surface area contributed by atoms with Crippen LogP contribution in [0, 0.1) is 0 Å². The van der Waals surface area contributed by atoms with E-state index in [4.69, 9.17) is 14.5 Å². The van der Waals surface area contributed by atoms with Crippen LogP contribution in [-0.2, 0) is 0 Å². The Labute approximate surface area is 265 Å². The molecule has 0 amide bonds. The van der Waals surface area contributed by atoms with Crippen molar-refractivity contribution >= 4 is 11.3 Å². The number of ether oxygens (including phenoxy) is 2. The highest BCUT2D eigenvalue weighted by molar-refractivity contribution is 7.13. The number of aromatic hydroxyl groups is 1. The molecular formula is C38H29N3O3S.